The molecule has 0 unspecified atom stereocenters. The number of amides is 1. The molecular weight excluding hydrogens is 322 g/mol. The number of nitriles is 2. The first-order valence-electron chi connectivity index (χ1n) is 7.69. The van der Waals surface area contributed by atoms with E-state index >= 15 is 0 Å². The number of carbonyl (C=O) groups excluding carboxylic acids is 1. The Balaban J connectivity index is 1.91. The van der Waals surface area contributed by atoms with Gasteiger partial charge in [-0.3, -0.25) is 4.79 Å². The Bertz CT molecular complexity index is 768. The molecule has 8 heteroatoms. The van der Waals surface area contributed by atoms with Crippen LogP contribution in [-0.2, 0) is 4.79 Å². The maximum atomic E-state index is 12.2. The summed E-state index contributed by atoms with van der Waals surface area (Å²) in [5, 5.41) is 21.1. The number of ether oxygens (including phenoxy) is 1. The summed E-state index contributed by atoms with van der Waals surface area (Å²) in [6, 6.07) is 10.9. The second-order valence-electron chi connectivity index (χ2n) is 5.15. The average Bonchev–Trinajstić information content (AvgIpc) is 3.06. The SMILES string of the molecule is Cc1nc(-c2ccc(OCC(=O)N(CCC#N)CCC#N)cc2)no1. The molecule has 0 fully saturated rings. The molecule has 0 spiro atoms. The van der Waals surface area contributed by atoms with Crippen molar-refractivity contribution in [2.75, 3.05) is 19.7 Å². The van der Waals surface area contributed by atoms with Gasteiger partial charge in [-0.15, -0.1) is 0 Å². The highest BCUT2D eigenvalue weighted by molar-refractivity contribution is 5.77. The monoisotopic (exact) mass is 339 g/mol. The summed E-state index contributed by atoms with van der Waals surface area (Å²) in [5.74, 6) is 1.23. The van der Waals surface area contributed by atoms with Crippen LogP contribution in [0.15, 0.2) is 28.8 Å². The first kappa shape index (κ1) is 18.0. The van der Waals surface area contributed by atoms with E-state index in [-0.39, 0.29) is 38.4 Å². The Labute approximate surface area is 145 Å². The lowest BCUT2D eigenvalue weighted by Crippen LogP contribution is -2.36. The van der Waals surface area contributed by atoms with E-state index in [0.717, 1.165) is 5.56 Å². The standard InChI is InChI=1S/C17H17N5O3/c1-13-20-17(21-25-13)14-4-6-15(7-5-14)24-12-16(23)22(10-2-8-18)11-3-9-19/h4-7H,2-3,10-12H2,1H3. The van der Waals surface area contributed by atoms with Crippen molar-refractivity contribution in [3.05, 3.63) is 30.2 Å². The Hall–Kier alpha value is -3.39. The summed E-state index contributed by atoms with van der Waals surface area (Å²) in [5.41, 5.74) is 0.778. The lowest BCUT2D eigenvalue weighted by atomic mass is 10.2. The van der Waals surface area contributed by atoms with Crippen molar-refractivity contribution in [2.45, 2.75) is 19.8 Å². The van der Waals surface area contributed by atoms with Gasteiger partial charge in [0, 0.05) is 25.6 Å². The van der Waals surface area contributed by atoms with Crippen LogP contribution in [0.4, 0.5) is 0 Å². The molecule has 0 aliphatic heterocycles. The van der Waals surface area contributed by atoms with Gasteiger partial charge in [0.1, 0.15) is 5.75 Å². The minimum Gasteiger partial charge on any atom is -0.484 e. The zero-order chi connectivity index (χ0) is 18.1. The average molecular weight is 339 g/mol. The van der Waals surface area contributed by atoms with Crippen LogP contribution < -0.4 is 4.74 Å². The van der Waals surface area contributed by atoms with E-state index in [1.807, 2.05) is 12.1 Å². The maximum absolute atomic E-state index is 12.2. The van der Waals surface area contributed by atoms with E-state index in [4.69, 9.17) is 19.8 Å². The van der Waals surface area contributed by atoms with E-state index in [1.54, 1.807) is 31.2 Å². The van der Waals surface area contributed by atoms with Gasteiger partial charge in [-0.05, 0) is 24.3 Å². The van der Waals surface area contributed by atoms with Crippen LogP contribution in [0.1, 0.15) is 18.7 Å². The highest BCUT2D eigenvalue weighted by atomic mass is 16.5. The first-order valence-corrected chi connectivity index (χ1v) is 7.69. The molecule has 2 rings (SSSR count). The van der Waals surface area contributed by atoms with E-state index < -0.39 is 0 Å². The summed E-state index contributed by atoms with van der Waals surface area (Å²) in [6.07, 6.45) is 0.436. The van der Waals surface area contributed by atoms with Crippen LogP contribution >= 0.6 is 0 Å². The Morgan fingerprint density at radius 2 is 1.84 bits per heavy atom. The van der Waals surface area contributed by atoms with Crippen molar-refractivity contribution >= 4 is 5.91 Å². The van der Waals surface area contributed by atoms with Gasteiger partial charge in [0.25, 0.3) is 5.91 Å². The number of nitrogens with zero attached hydrogens (tertiary/aromatic N) is 5. The topological polar surface area (TPSA) is 116 Å². The quantitative estimate of drug-likeness (QED) is 0.722. The second kappa shape index (κ2) is 9.04. The van der Waals surface area contributed by atoms with Crippen molar-refractivity contribution in [1.29, 1.82) is 10.5 Å². The van der Waals surface area contributed by atoms with Crippen LogP contribution in [0.2, 0.25) is 0 Å². The number of rotatable bonds is 8. The number of hydrogen-bond donors (Lipinski definition) is 0. The molecule has 0 N–H and O–H groups in total. The third kappa shape index (κ3) is 5.33. The van der Waals surface area contributed by atoms with Crippen LogP contribution in [0.25, 0.3) is 11.4 Å². The molecule has 0 saturated carbocycles. The van der Waals surface area contributed by atoms with Gasteiger partial charge in [-0.25, -0.2) is 0 Å². The summed E-state index contributed by atoms with van der Waals surface area (Å²) in [7, 11) is 0. The fraction of sp³-hybridized carbons (Fsp3) is 0.353. The molecule has 1 aromatic heterocycles. The fourth-order valence-corrected chi connectivity index (χ4v) is 2.08. The molecule has 2 aromatic rings. The maximum Gasteiger partial charge on any atom is 0.260 e. The summed E-state index contributed by atoms with van der Waals surface area (Å²) in [6.45, 7) is 2.13. The van der Waals surface area contributed by atoms with Gasteiger partial charge in [-0.2, -0.15) is 15.5 Å². The van der Waals surface area contributed by atoms with Crippen molar-refractivity contribution < 1.29 is 14.1 Å². The van der Waals surface area contributed by atoms with E-state index in [2.05, 4.69) is 10.1 Å². The fourth-order valence-electron chi connectivity index (χ4n) is 2.08. The minimum atomic E-state index is -0.261. The molecule has 1 heterocycles. The number of aryl methyl sites for hydroxylation is 1. The summed E-state index contributed by atoms with van der Waals surface area (Å²) in [4.78, 5) is 17.8. The van der Waals surface area contributed by atoms with Gasteiger partial charge in [0.05, 0.1) is 25.0 Å². The molecule has 1 aromatic carbocycles. The van der Waals surface area contributed by atoms with E-state index in [9.17, 15) is 4.79 Å². The van der Waals surface area contributed by atoms with Crippen LogP contribution in [0.3, 0.4) is 0 Å². The number of carbonyl (C=O) groups is 1. The molecule has 0 saturated heterocycles. The molecule has 0 radical (unpaired) electrons. The van der Waals surface area contributed by atoms with Crippen LogP contribution in [-0.4, -0.2) is 40.6 Å². The van der Waals surface area contributed by atoms with Crippen LogP contribution in [0, 0.1) is 29.6 Å². The van der Waals surface area contributed by atoms with Gasteiger partial charge in [0.15, 0.2) is 6.61 Å². The molecule has 128 valence electrons. The predicted octanol–water partition coefficient (Wildman–Crippen LogP) is 2.08. The lowest BCUT2D eigenvalue weighted by molar-refractivity contribution is -0.133. The van der Waals surface area contributed by atoms with Gasteiger partial charge in [0.2, 0.25) is 11.7 Å². The molecule has 0 bridgehead atoms. The van der Waals surface area contributed by atoms with Crippen molar-refractivity contribution in [3.63, 3.8) is 0 Å². The highest BCUT2D eigenvalue weighted by Crippen LogP contribution is 2.19. The molecule has 0 aliphatic carbocycles. The predicted molar refractivity (Wildman–Crippen MR) is 87.0 cm³/mol. The van der Waals surface area contributed by atoms with Crippen LogP contribution in [0.5, 0.6) is 5.75 Å². The Kier molecular flexibility index (Phi) is 6.49. The third-order valence-corrected chi connectivity index (χ3v) is 3.34. The normalized spacial score (nSPS) is 9.88. The van der Waals surface area contributed by atoms with Gasteiger partial charge < -0.3 is 14.2 Å². The number of hydrogen-bond acceptors (Lipinski definition) is 7. The Morgan fingerprint density at radius 3 is 2.36 bits per heavy atom. The van der Waals surface area contributed by atoms with Gasteiger partial charge >= 0.3 is 0 Å². The smallest absolute Gasteiger partial charge is 0.260 e. The molecule has 8 nitrogen and oxygen atoms in total. The zero-order valence-corrected chi connectivity index (χ0v) is 13.8. The van der Waals surface area contributed by atoms with E-state index in [1.165, 1.54) is 4.90 Å². The molecule has 1 amide bonds. The largest absolute Gasteiger partial charge is 0.484 e. The van der Waals surface area contributed by atoms with Crippen molar-refractivity contribution in [2.24, 2.45) is 0 Å². The molecule has 25 heavy (non-hydrogen) atoms. The zero-order valence-electron chi connectivity index (χ0n) is 13.8. The van der Waals surface area contributed by atoms with Crippen molar-refractivity contribution in [1.82, 2.24) is 15.0 Å². The second-order valence-corrected chi connectivity index (χ2v) is 5.15. The Morgan fingerprint density at radius 1 is 1.20 bits per heavy atom. The molecular formula is C17H17N5O3. The highest BCUT2D eigenvalue weighted by Gasteiger charge is 2.14. The lowest BCUT2D eigenvalue weighted by Gasteiger charge is -2.20. The molecule has 0 aliphatic rings. The van der Waals surface area contributed by atoms with Gasteiger partial charge in [-0.1, -0.05) is 5.16 Å². The molecule has 0 atom stereocenters. The third-order valence-electron chi connectivity index (χ3n) is 3.34. The minimum absolute atomic E-state index is 0.155. The summed E-state index contributed by atoms with van der Waals surface area (Å²) >= 11 is 0. The van der Waals surface area contributed by atoms with E-state index in [0.29, 0.717) is 17.5 Å². The van der Waals surface area contributed by atoms with Crippen molar-refractivity contribution in [3.8, 4) is 29.3 Å². The number of benzene rings is 1. The number of aromatic nitrogens is 2. The summed E-state index contributed by atoms with van der Waals surface area (Å²) < 4.78 is 10.4. The first-order chi connectivity index (χ1) is 12.1.